The first-order valence-electron chi connectivity index (χ1n) is 9.57. The molecule has 0 unspecified atom stereocenters. The number of rotatable bonds is 3. The van der Waals surface area contributed by atoms with Crippen molar-refractivity contribution in [2.75, 3.05) is 38.1 Å². The Bertz CT molecular complexity index is 1100. The molecule has 3 aromatic heterocycles. The first-order chi connectivity index (χ1) is 13.8. The Morgan fingerprint density at radius 2 is 1.68 bits per heavy atom. The second-order valence-electron chi connectivity index (χ2n) is 7.27. The van der Waals surface area contributed by atoms with Gasteiger partial charge in [-0.3, -0.25) is 4.98 Å². The summed E-state index contributed by atoms with van der Waals surface area (Å²) in [4.78, 5) is 12.1. The van der Waals surface area contributed by atoms with Crippen LogP contribution in [0.4, 0.5) is 5.82 Å². The number of pyridine rings is 1. The number of likely N-dealkylation sites (N-methyl/N-ethyl adjacent to an activating group) is 1. The Morgan fingerprint density at radius 1 is 0.857 bits per heavy atom. The van der Waals surface area contributed by atoms with E-state index in [0.29, 0.717) is 0 Å². The number of fused-ring (bicyclic) bond motifs is 1. The number of hydrogen-bond donors (Lipinski definition) is 1. The fourth-order valence-corrected chi connectivity index (χ4v) is 3.74. The van der Waals surface area contributed by atoms with Crippen LogP contribution in [0.1, 0.15) is 0 Å². The van der Waals surface area contributed by atoms with Crippen molar-refractivity contribution in [3.8, 4) is 22.4 Å². The summed E-state index contributed by atoms with van der Waals surface area (Å²) < 4.78 is 0. The second-order valence-corrected chi connectivity index (χ2v) is 7.27. The summed E-state index contributed by atoms with van der Waals surface area (Å²) in [7, 11) is 2.16. The molecule has 0 spiro atoms. The van der Waals surface area contributed by atoms with Gasteiger partial charge in [-0.05, 0) is 49.0 Å². The van der Waals surface area contributed by atoms with E-state index in [1.54, 1.807) is 0 Å². The van der Waals surface area contributed by atoms with E-state index in [1.807, 2.05) is 30.7 Å². The Balaban J connectivity index is 1.61. The van der Waals surface area contributed by atoms with Gasteiger partial charge in [0.2, 0.25) is 0 Å². The highest BCUT2D eigenvalue weighted by molar-refractivity contribution is 5.88. The average Bonchev–Trinajstić information content (AvgIpc) is 3.22. The van der Waals surface area contributed by atoms with E-state index in [2.05, 4.69) is 67.3 Å². The lowest BCUT2D eigenvalue weighted by atomic mass is 10.00. The molecular formula is C22H22N6. The van der Waals surface area contributed by atoms with Gasteiger partial charge in [0.25, 0.3) is 0 Å². The lowest BCUT2D eigenvalue weighted by molar-refractivity contribution is 0.312. The topological polar surface area (TPSA) is 60.9 Å². The summed E-state index contributed by atoms with van der Waals surface area (Å²) in [6.45, 7) is 4.02. The summed E-state index contributed by atoms with van der Waals surface area (Å²) in [5, 5.41) is 10.4. The monoisotopic (exact) mass is 370 g/mol. The van der Waals surface area contributed by atoms with Crippen LogP contribution in [0.15, 0.2) is 61.1 Å². The standard InChI is InChI=1S/C22H22N6/c1-27-10-12-28(13-11-27)21-15-19(16-4-7-23-8-5-16)22(26-25-21)18-2-3-20-17(14-18)6-9-24-20/h2-9,14-15,24H,10-13H2,1H3. The molecule has 0 amide bonds. The maximum atomic E-state index is 4.67. The van der Waals surface area contributed by atoms with Gasteiger partial charge in [-0.25, -0.2) is 0 Å². The van der Waals surface area contributed by atoms with Gasteiger partial charge in [-0.1, -0.05) is 6.07 Å². The molecule has 6 nitrogen and oxygen atoms in total. The quantitative estimate of drug-likeness (QED) is 0.599. The van der Waals surface area contributed by atoms with Gasteiger partial charge in [-0.2, -0.15) is 0 Å². The summed E-state index contributed by atoms with van der Waals surface area (Å²) >= 11 is 0. The first-order valence-corrected chi connectivity index (χ1v) is 9.57. The molecule has 0 bridgehead atoms. The van der Waals surface area contributed by atoms with Crippen molar-refractivity contribution in [1.82, 2.24) is 25.1 Å². The van der Waals surface area contributed by atoms with E-state index in [1.165, 1.54) is 5.39 Å². The zero-order chi connectivity index (χ0) is 18.9. The van der Waals surface area contributed by atoms with Gasteiger partial charge in [0, 0.05) is 66.8 Å². The zero-order valence-electron chi connectivity index (χ0n) is 15.8. The van der Waals surface area contributed by atoms with Crippen molar-refractivity contribution in [3.05, 3.63) is 61.1 Å². The van der Waals surface area contributed by atoms with Gasteiger partial charge in [-0.15, -0.1) is 10.2 Å². The van der Waals surface area contributed by atoms with Crippen molar-refractivity contribution in [1.29, 1.82) is 0 Å². The van der Waals surface area contributed by atoms with Crippen molar-refractivity contribution >= 4 is 16.7 Å². The van der Waals surface area contributed by atoms with Gasteiger partial charge >= 0.3 is 0 Å². The highest BCUT2D eigenvalue weighted by Gasteiger charge is 2.19. The third kappa shape index (κ3) is 3.12. The summed E-state index contributed by atoms with van der Waals surface area (Å²) in [6.07, 6.45) is 5.61. The van der Waals surface area contributed by atoms with E-state index in [4.69, 9.17) is 0 Å². The van der Waals surface area contributed by atoms with Crippen molar-refractivity contribution in [2.45, 2.75) is 0 Å². The molecule has 4 heterocycles. The number of piperazine rings is 1. The van der Waals surface area contributed by atoms with E-state index in [-0.39, 0.29) is 0 Å². The van der Waals surface area contributed by atoms with E-state index in [0.717, 1.165) is 59.9 Å². The van der Waals surface area contributed by atoms with Crippen LogP contribution in [0.3, 0.4) is 0 Å². The molecule has 0 saturated carbocycles. The molecule has 0 radical (unpaired) electrons. The van der Waals surface area contributed by atoms with Crippen LogP contribution in [-0.4, -0.2) is 58.3 Å². The maximum absolute atomic E-state index is 4.67. The lowest BCUT2D eigenvalue weighted by Gasteiger charge is -2.33. The smallest absolute Gasteiger partial charge is 0.151 e. The number of hydrogen-bond acceptors (Lipinski definition) is 5. The van der Waals surface area contributed by atoms with E-state index in [9.17, 15) is 0 Å². The van der Waals surface area contributed by atoms with Crippen LogP contribution in [0.25, 0.3) is 33.3 Å². The Kier molecular flexibility index (Phi) is 4.25. The largest absolute Gasteiger partial charge is 0.361 e. The van der Waals surface area contributed by atoms with Crippen LogP contribution in [0.5, 0.6) is 0 Å². The van der Waals surface area contributed by atoms with Crippen LogP contribution < -0.4 is 4.90 Å². The van der Waals surface area contributed by atoms with E-state index >= 15 is 0 Å². The van der Waals surface area contributed by atoms with Gasteiger partial charge in [0.15, 0.2) is 5.82 Å². The van der Waals surface area contributed by atoms with Crippen molar-refractivity contribution in [3.63, 3.8) is 0 Å². The van der Waals surface area contributed by atoms with Gasteiger partial charge in [0.05, 0.1) is 0 Å². The van der Waals surface area contributed by atoms with Crippen molar-refractivity contribution in [2.24, 2.45) is 0 Å². The molecule has 140 valence electrons. The minimum absolute atomic E-state index is 0.896. The fourth-order valence-electron chi connectivity index (χ4n) is 3.74. The highest BCUT2D eigenvalue weighted by atomic mass is 15.3. The Morgan fingerprint density at radius 3 is 2.50 bits per heavy atom. The molecule has 28 heavy (non-hydrogen) atoms. The van der Waals surface area contributed by atoms with Crippen molar-refractivity contribution < 1.29 is 0 Å². The van der Waals surface area contributed by atoms with Gasteiger partial charge in [0.1, 0.15) is 5.69 Å². The molecule has 0 atom stereocenters. The molecule has 1 aromatic carbocycles. The molecule has 4 aromatic rings. The third-order valence-electron chi connectivity index (χ3n) is 5.43. The van der Waals surface area contributed by atoms with Crippen LogP contribution in [-0.2, 0) is 0 Å². The maximum Gasteiger partial charge on any atom is 0.151 e. The molecule has 6 heteroatoms. The summed E-state index contributed by atoms with van der Waals surface area (Å²) in [6, 6.07) is 14.7. The highest BCUT2D eigenvalue weighted by Crippen LogP contribution is 2.33. The van der Waals surface area contributed by atoms with Gasteiger partial charge < -0.3 is 14.8 Å². The number of aromatic amines is 1. The number of H-pyrrole nitrogens is 1. The van der Waals surface area contributed by atoms with Crippen LogP contribution in [0.2, 0.25) is 0 Å². The molecule has 1 fully saturated rings. The zero-order valence-corrected chi connectivity index (χ0v) is 15.8. The molecule has 1 N–H and O–H groups in total. The number of nitrogens with zero attached hydrogens (tertiary/aromatic N) is 5. The minimum atomic E-state index is 0.896. The predicted molar refractivity (Wildman–Crippen MR) is 112 cm³/mol. The molecule has 1 saturated heterocycles. The molecule has 1 aliphatic rings. The van der Waals surface area contributed by atoms with E-state index < -0.39 is 0 Å². The van der Waals surface area contributed by atoms with Crippen LogP contribution >= 0.6 is 0 Å². The number of aromatic nitrogens is 4. The Labute approximate surface area is 163 Å². The molecule has 1 aliphatic heterocycles. The molecule has 0 aliphatic carbocycles. The fraction of sp³-hybridized carbons (Fsp3) is 0.227. The average molecular weight is 370 g/mol. The third-order valence-corrected chi connectivity index (χ3v) is 5.43. The predicted octanol–water partition coefficient (Wildman–Crippen LogP) is 3.44. The Hall–Kier alpha value is -3.25. The van der Waals surface area contributed by atoms with Crippen LogP contribution in [0, 0.1) is 0 Å². The molecular weight excluding hydrogens is 348 g/mol. The number of nitrogens with one attached hydrogen (secondary N) is 1. The normalized spacial score (nSPS) is 15.2. The summed E-state index contributed by atoms with van der Waals surface area (Å²) in [5.74, 6) is 0.936. The molecule has 5 rings (SSSR count). The SMILES string of the molecule is CN1CCN(c2cc(-c3ccncc3)c(-c3ccc4[nH]ccc4c3)nn2)CC1. The minimum Gasteiger partial charge on any atom is -0.361 e. The number of anilines is 1. The summed E-state index contributed by atoms with van der Waals surface area (Å²) in [5.41, 5.74) is 5.27. The number of benzene rings is 1. The second kappa shape index (κ2) is 7.05. The lowest BCUT2D eigenvalue weighted by Crippen LogP contribution is -2.44. The first kappa shape index (κ1) is 16.9.